The number of sulfonamides is 1. The summed E-state index contributed by atoms with van der Waals surface area (Å²) < 4.78 is 26.9. The number of benzene rings is 2. The maximum absolute atomic E-state index is 12.4. The zero-order chi connectivity index (χ0) is 19.4. The molecule has 7 heteroatoms. The Hall–Kier alpha value is -2.38. The summed E-state index contributed by atoms with van der Waals surface area (Å²) in [6, 6.07) is 14.1. The fourth-order valence-corrected chi connectivity index (χ4v) is 4.06. The van der Waals surface area contributed by atoms with Gasteiger partial charge >= 0.3 is 6.03 Å². The molecule has 27 heavy (non-hydrogen) atoms. The van der Waals surface area contributed by atoms with Gasteiger partial charge in [-0.25, -0.2) is 17.9 Å². The number of urea groups is 1. The smallest absolute Gasteiger partial charge is 0.321 e. The molecule has 1 N–H and O–H groups in total. The van der Waals surface area contributed by atoms with Crippen molar-refractivity contribution < 1.29 is 13.2 Å². The van der Waals surface area contributed by atoms with Crippen molar-refractivity contribution in [2.75, 3.05) is 26.2 Å². The first-order chi connectivity index (χ1) is 12.8. The summed E-state index contributed by atoms with van der Waals surface area (Å²) in [6.45, 7) is 7.24. The monoisotopic (exact) mass is 387 g/mol. The first-order valence-electron chi connectivity index (χ1n) is 9.00. The van der Waals surface area contributed by atoms with Crippen LogP contribution >= 0.6 is 0 Å². The molecule has 1 fully saturated rings. The molecule has 0 aromatic heterocycles. The number of aryl methyl sites for hydroxylation is 2. The van der Waals surface area contributed by atoms with Gasteiger partial charge < -0.3 is 4.90 Å². The first-order valence-corrected chi connectivity index (χ1v) is 10.5. The van der Waals surface area contributed by atoms with Gasteiger partial charge in [-0.05, 0) is 37.1 Å². The minimum absolute atomic E-state index is 0.0969. The summed E-state index contributed by atoms with van der Waals surface area (Å²) in [6.07, 6.45) is 0. The van der Waals surface area contributed by atoms with Crippen molar-refractivity contribution in [3.05, 3.63) is 65.2 Å². The summed E-state index contributed by atoms with van der Waals surface area (Å²) in [5.41, 5.74) is 3.49. The van der Waals surface area contributed by atoms with Gasteiger partial charge in [0.05, 0.1) is 4.90 Å². The number of amides is 2. The highest BCUT2D eigenvalue weighted by Crippen LogP contribution is 2.14. The molecule has 2 aromatic rings. The summed E-state index contributed by atoms with van der Waals surface area (Å²) in [7, 11) is -3.85. The van der Waals surface area contributed by atoms with Crippen LogP contribution in [0.4, 0.5) is 4.79 Å². The van der Waals surface area contributed by atoms with E-state index in [4.69, 9.17) is 0 Å². The molecule has 0 unspecified atom stereocenters. The molecule has 3 rings (SSSR count). The minimum Gasteiger partial charge on any atom is -0.321 e. The van der Waals surface area contributed by atoms with Crippen LogP contribution in [-0.2, 0) is 16.6 Å². The number of hydrogen-bond donors (Lipinski definition) is 1. The maximum atomic E-state index is 12.4. The van der Waals surface area contributed by atoms with Crippen LogP contribution in [0.5, 0.6) is 0 Å². The van der Waals surface area contributed by atoms with E-state index in [9.17, 15) is 13.2 Å². The van der Waals surface area contributed by atoms with Crippen molar-refractivity contribution in [1.29, 1.82) is 0 Å². The van der Waals surface area contributed by atoms with E-state index < -0.39 is 16.1 Å². The molecular formula is C20H25N3O3S. The van der Waals surface area contributed by atoms with Crippen LogP contribution in [0.25, 0.3) is 0 Å². The van der Waals surface area contributed by atoms with E-state index in [-0.39, 0.29) is 4.90 Å². The average Bonchev–Trinajstić information content (AvgIpc) is 2.64. The molecule has 0 radical (unpaired) electrons. The number of nitrogens with zero attached hydrogens (tertiary/aromatic N) is 2. The summed E-state index contributed by atoms with van der Waals surface area (Å²) in [5.74, 6) is 0. The molecule has 6 nitrogen and oxygen atoms in total. The van der Waals surface area contributed by atoms with Gasteiger partial charge in [-0.15, -0.1) is 0 Å². The predicted molar refractivity (Wildman–Crippen MR) is 105 cm³/mol. The van der Waals surface area contributed by atoms with Crippen LogP contribution < -0.4 is 4.72 Å². The van der Waals surface area contributed by atoms with E-state index in [1.54, 1.807) is 17.0 Å². The molecule has 1 saturated heterocycles. The molecule has 1 heterocycles. The van der Waals surface area contributed by atoms with Crippen molar-refractivity contribution in [3.8, 4) is 0 Å². The molecule has 0 saturated carbocycles. The lowest BCUT2D eigenvalue weighted by molar-refractivity contribution is 0.138. The van der Waals surface area contributed by atoms with Crippen molar-refractivity contribution in [1.82, 2.24) is 14.5 Å². The van der Waals surface area contributed by atoms with Gasteiger partial charge in [0.15, 0.2) is 0 Å². The minimum atomic E-state index is -3.85. The van der Waals surface area contributed by atoms with Gasteiger partial charge in [0.2, 0.25) is 0 Å². The molecule has 2 aromatic carbocycles. The highest BCUT2D eigenvalue weighted by Gasteiger charge is 2.25. The van der Waals surface area contributed by atoms with Crippen LogP contribution in [0, 0.1) is 13.8 Å². The van der Waals surface area contributed by atoms with Crippen LogP contribution in [0.3, 0.4) is 0 Å². The van der Waals surface area contributed by atoms with Crippen molar-refractivity contribution in [2.45, 2.75) is 25.3 Å². The van der Waals surface area contributed by atoms with E-state index in [1.165, 1.54) is 23.3 Å². The largest absolute Gasteiger partial charge is 0.331 e. The zero-order valence-corrected chi connectivity index (χ0v) is 16.5. The van der Waals surface area contributed by atoms with Gasteiger partial charge in [0.25, 0.3) is 10.0 Å². The maximum Gasteiger partial charge on any atom is 0.331 e. The summed E-state index contributed by atoms with van der Waals surface area (Å²) >= 11 is 0. The topological polar surface area (TPSA) is 69.7 Å². The van der Waals surface area contributed by atoms with Crippen LogP contribution in [-0.4, -0.2) is 50.4 Å². The third-order valence-corrected chi connectivity index (χ3v) is 6.20. The van der Waals surface area contributed by atoms with Gasteiger partial charge in [-0.1, -0.05) is 42.0 Å². The van der Waals surface area contributed by atoms with Crippen LogP contribution in [0.2, 0.25) is 0 Å². The lowest BCUT2D eigenvalue weighted by atomic mass is 10.1. The highest BCUT2D eigenvalue weighted by atomic mass is 32.2. The van der Waals surface area contributed by atoms with Gasteiger partial charge in [-0.2, -0.15) is 0 Å². The third-order valence-electron chi connectivity index (χ3n) is 4.87. The quantitative estimate of drug-likeness (QED) is 0.875. The number of rotatable bonds is 4. The average molecular weight is 388 g/mol. The standard InChI is InChI=1S/C20H25N3O3S/c1-16-7-9-19(10-8-16)27(25,26)21-20(24)23-13-11-22(12-14-23)15-18-6-4-3-5-17(18)2/h3-10H,11-15H2,1-2H3,(H,21,24). The summed E-state index contributed by atoms with van der Waals surface area (Å²) in [5, 5.41) is 0. The molecule has 0 spiro atoms. The Morgan fingerprint density at radius 3 is 2.22 bits per heavy atom. The van der Waals surface area contributed by atoms with Crippen molar-refractivity contribution in [3.63, 3.8) is 0 Å². The fourth-order valence-electron chi connectivity index (χ4n) is 3.09. The Kier molecular flexibility index (Phi) is 5.82. The van der Waals surface area contributed by atoms with Crippen molar-refractivity contribution in [2.24, 2.45) is 0 Å². The fraction of sp³-hybridized carbons (Fsp3) is 0.350. The second-order valence-electron chi connectivity index (χ2n) is 6.91. The van der Waals surface area contributed by atoms with E-state index >= 15 is 0 Å². The van der Waals surface area contributed by atoms with Gasteiger partial charge in [0, 0.05) is 32.7 Å². The van der Waals surface area contributed by atoms with Crippen LogP contribution in [0.1, 0.15) is 16.7 Å². The Bertz CT molecular complexity index is 902. The van der Waals surface area contributed by atoms with E-state index in [2.05, 4.69) is 28.7 Å². The summed E-state index contributed by atoms with van der Waals surface area (Å²) in [4.78, 5) is 16.3. The lowest BCUT2D eigenvalue weighted by Crippen LogP contribution is -2.52. The molecule has 1 aliphatic rings. The Balaban J connectivity index is 1.55. The predicted octanol–water partition coefficient (Wildman–Crippen LogP) is 2.52. The normalized spacial score (nSPS) is 15.6. The number of hydrogen-bond acceptors (Lipinski definition) is 4. The highest BCUT2D eigenvalue weighted by molar-refractivity contribution is 7.90. The first kappa shape index (κ1) is 19.4. The van der Waals surface area contributed by atoms with Crippen LogP contribution in [0.15, 0.2) is 53.4 Å². The number of nitrogens with one attached hydrogen (secondary N) is 1. The third kappa shape index (κ3) is 4.87. The molecular weight excluding hydrogens is 362 g/mol. The molecule has 0 atom stereocenters. The molecule has 2 amide bonds. The van der Waals surface area contributed by atoms with Gasteiger partial charge in [0.1, 0.15) is 0 Å². The Labute approximate surface area is 160 Å². The Morgan fingerprint density at radius 2 is 1.59 bits per heavy atom. The second-order valence-corrected chi connectivity index (χ2v) is 8.60. The molecule has 0 aliphatic carbocycles. The molecule has 1 aliphatic heterocycles. The SMILES string of the molecule is Cc1ccc(S(=O)(=O)NC(=O)N2CCN(Cc3ccccc3C)CC2)cc1. The number of carbonyl (C=O) groups is 1. The zero-order valence-electron chi connectivity index (χ0n) is 15.7. The molecule has 0 bridgehead atoms. The van der Waals surface area contributed by atoms with E-state index in [0.717, 1.165) is 12.1 Å². The second kappa shape index (κ2) is 8.10. The van der Waals surface area contributed by atoms with Gasteiger partial charge in [-0.3, -0.25) is 4.90 Å². The lowest BCUT2D eigenvalue weighted by Gasteiger charge is -2.34. The number of piperazine rings is 1. The Morgan fingerprint density at radius 1 is 0.963 bits per heavy atom. The van der Waals surface area contributed by atoms with E-state index in [0.29, 0.717) is 26.2 Å². The van der Waals surface area contributed by atoms with Crippen molar-refractivity contribution >= 4 is 16.1 Å². The number of carbonyl (C=O) groups excluding carboxylic acids is 1. The molecule has 144 valence electrons. The van der Waals surface area contributed by atoms with E-state index in [1.807, 2.05) is 19.1 Å².